The third-order valence-corrected chi connectivity index (χ3v) is 4.24. The van der Waals surface area contributed by atoms with Gasteiger partial charge in [-0.3, -0.25) is 0 Å². The van der Waals surface area contributed by atoms with Gasteiger partial charge in [-0.2, -0.15) is 4.98 Å². The molecule has 0 atom stereocenters. The average Bonchev–Trinajstić information content (AvgIpc) is 3.06. The maximum Gasteiger partial charge on any atom is 0.250 e. The molecule has 20 heavy (non-hydrogen) atoms. The van der Waals surface area contributed by atoms with Gasteiger partial charge in [-0.15, -0.1) is 0 Å². The van der Waals surface area contributed by atoms with E-state index in [1.807, 2.05) is 6.07 Å². The third kappa shape index (κ3) is 1.87. The summed E-state index contributed by atoms with van der Waals surface area (Å²) in [5.74, 6) is 1.25. The minimum atomic E-state index is 0.473. The minimum Gasteiger partial charge on any atom is -0.437 e. The Balaban J connectivity index is 1.76. The Labute approximate surface area is 123 Å². The fourth-order valence-corrected chi connectivity index (χ4v) is 3.29. The highest BCUT2D eigenvalue weighted by atomic mass is 79.9. The van der Waals surface area contributed by atoms with Crippen LogP contribution in [0.4, 0.5) is 0 Å². The van der Waals surface area contributed by atoms with Crippen molar-refractivity contribution in [3.8, 4) is 11.6 Å². The molecule has 0 fully saturated rings. The van der Waals surface area contributed by atoms with Gasteiger partial charge in [-0.1, -0.05) is 15.9 Å². The first-order valence-electron chi connectivity index (χ1n) is 6.44. The van der Waals surface area contributed by atoms with Crippen LogP contribution >= 0.6 is 15.9 Å². The van der Waals surface area contributed by atoms with Gasteiger partial charge in [-0.05, 0) is 42.5 Å². The first kappa shape index (κ1) is 11.8. The number of ether oxygens (including phenoxy) is 1. The highest BCUT2D eigenvalue weighted by molar-refractivity contribution is 9.10. The molecule has 0 saturated carbocycles. The number of benzene rings is 1. The Bertz CT molecular complexity index is 799. The maximum atomic E-state index is 5.89. The van der Waals surface area contributed by atoms with Gasteiger partial charge in [0.25, 0.3) is 5.88 Å². The van der Waals surface area contributed by atoms with Crippen LogP contribution in [0.1, 0.15) is 17.5 Å². The predicted octanol–water partition coefficient (Wildman–Crippen LogP) is 3.40. The van der Waals surface area contributed by atoms with E-state index in [0.29, 0.717) is 17.0 Å². The molecule has 0 spiro atoms. The molecule has 2 heterocycles. The molecule has 0 amide bonds. The van der Waals surface area contributed by atoms with Gasteiger partial charge >= 0.3 is 0 Å². The second-order valence-corrected chi connectivity index (χ2v) is 5.63. The summed E-state index contributed by atoms with van der Waals surface area (Å²) in [6, 6.07) is 4.08. The SMILES string of the molecule is Brc1cc(Oc2ncnc3[nH]cnc23)cc2c1CCC2. The molecule has 0 unspecified atom stereocenters. The molecule has 0 bridgehead atoms. The van der Waals surface area contributed by atoms with E-state index in [1.165, 1.54) is 23.9 Å². The van der Waals surface area contributed by atoms with Crippen molar-refractivity contribution in [2.45, 2.75) is 19.3 Å². The number of hydrogen-bond donors (Lipinski definition) is 1. The van der Waals surface area contributed by atoms with E-state index in [2.05, 4.69) is 41.9 Å². The molecule has 3 aromatic rings. The molecule has 6 heteroatoms. The van der Waals surface area contributed by atoms with E-state index in [-0.39, 0.29) is 0 Å². The molecule has 4 rings (SSSR count). The summed E-state index contributed by atoms with van der Waals surface area (Å²) < 4.78 is 7.00. The summed E-state index contributed by atoms with van der Waals surface area (Å²) in [6.45, 7) is 0. The van der Waals surface area contributed by atoms with Crippen molar-refractivity contribution >= 4 is 27.1 Å². The van der Waals surface area contributed by atoms with Gasteiger partial charge in [0, 0.05) is 4.47 Å². The van der Waals surface area contributed by atoms with E-state index in [0.717, 1.165) is 23.1 Å². The maximum absolute atomic E-state index is 5.89. The van der Waals surface area contributed by atoms with Gasteiger partial charge in [0.2, 0.25) is 0 Å². The van der Waals surface area contributed by atoms with Gasteiger partial charge in [0.15, 0.2) is 11.2 Å². The summed E-state index contributed by atoms with van der Waals surface area (Å²) in [5, 5.41) is 0. The van der Waals surface area contributed by atoms with E-state index in [1.54, 1.807) is 6.33 Å². The number of aromatic amines is 1. The molecule has 0 radical (unpaired) electrons. The number of aryl methyl sites for hydroxylation is 1. The Kier molecular flexibility index (Phi) is 2.70. The molecule has 5 nitrogen and oxygen atoms in total. The number of nitrogens with one attached hydrogen (secondary N) is 1. The van der Waals surface area contributed by atoms with Gasteiger partial charge in [0.1, 0.15) is 12.1 Å². The van der Waals surface area contributed by atoms with Gasteiger partial charge in [0.05, 0.1) is 6.33 Å². The van der Waals surface area contributed by atoms with Crippen LogP contribution in [-0.4, -0.2) is 19.9 Å². The van der Waals surface area contributed by atoms with Crippen molar-refractivity contribution < 1.29 is 4.74 Å². The van der Waals surface area contributed by atoms with Crippen LogP contribution in [0.25, 0.3) is 11.2 Å². The zero-order chi connectivity index (χ0) is 13.5. The molecule has 0 saturated heterocycles. The first-order chi connectivity index (χ1) is 9.81. The smallest absolute Gasteiger partial charge is 0.250 e. The molecule has 100 valence electrons. The number of imidazole rings is 1. The lowest BCUT2D eigenvalue weighted by molar-refractivity contribution is 0.466. The molecular weight excluding hydrogens is 320 g/mol. The predicted molar refractivity (Wildman–Crippen MR) is 77.9 cm³/mol. The zero-order valence-corrected chi connectivity index (χ0v) is 12.1. The van der Waals surface area contributed by atoms with Crippen molar-refractivity contribution in [1.29, 1.82) is 0 Å². The Morgan fingerprint density at radius 2 is 2.10 bits per heavy atom. The van der Waals surface area contributed by atoms with Crippen molar-refractivity contribution in [2.75, 3.05) is 0 Å². The van der Waals surface area contributed by atoms with Crippen LogP contribution in [-0.2, 0) is 12.8 Å². The molecule has 1 aliphatic rings. The number of aromatic nitrogens is 4. The number of hydrogen-bond acceptors (Lipinski definition) is 4. The standard InChI is InChI=1S/C14H11BrN4O/c15-11-5-9(4-8-2-1-3-10(8)11)20-14-12-13(17-6-16-12)18-7-19-14/h4-7H,1-3H2,(H,16,17,18,19). The van der Waals surface area contributed by atoms with Crippen LogP contribution in [0, 0.1) is 0 Å². The number of fused-ring (bicyclic) bond motifs is 2. The average molecular weight is 331 g/mol. The summed E-state index contributed by atoms with van der Waals surface area (Å²) >= 11 is 3.62. The minimum absolute atomic E-state index is 0.473. The van der Waals surface area contributed by atoms with E-state index in [4.69, 9.17) is 4.74 Å². The lowest BCUT2D eigenvalue weighted by Gasteiger charge is -2.09. The first-order valence-corrected chi connectivity index (χ1v) is 7.24. The van der Waals surface area contributed by atoms with Gasteiger partial charge < -0.3 is 9.72 Å². The quantitative estimate of drug-likeness (QED) is 0.782. The second kappa shape index (κ2) is 4.56. The summed E-state index contributed by atoms with van der Waals surface area (Å²) in [5.41, 5.74) is 4.06. The normalized spacial score (nSPS) is 13.7. The molecule has 0 aliphatic heterocycles. The van der Waals surface area contributed by atoms with Crippen molar-refractivity contribution in [1.82, 2.24) is 19.9 Å². The summed E-state index contributed by atoms with van der Waals surface area (Å²) in [6.07, 6.45) is 6.50. The number of rotatable bonds is 2. The molecular formula is C14H11BrN4O. The topological polar surface area (TPSA) is 63.7 Å². The number of nitrogens with zero attached hydrogens (tertiary/aromatic N) is 3. The highest BCUT2D eigenvalue weighted by Gasteiger charge is 2.16. The van der Waals surface area contributed by atoms with E-state index in [9.17, 15) is 0 Å². The summed E-state index contributed by atoms with van der Waals surface area (Å²) in [7, 11) is 0. The lowest BCUT2D eigenvalue weighted by atomic mass is 10.1. The van der Waals surface area contributed by atoms with E-state index >= 15 is 0 Å². The van der Waals surface area contributed by atoms with Crippen molar-refractivity contribution in [3.05, 3.63) is 40.4 Å². The van der Waals surface area contributed by atoms with Crippen molar-refractivity contribution in [3.63, 3.8) is 0 Å². The lowest BCUT2D eigenvalue weighted by Crippen LogP contribution is -1.93. The van der Waals surface area contributed by atoms with Gasteiger partial charge in [-0.25, -0.2) is 9.97 Å². The van der Waals surface area contributed by atoms with Crippen molar-refractivity contribution in [2.24, 2.45) is 0 Å². The van der Waals surface area contributed by atoms with Crippen LogP contribution in [0.3, 0.4) is 0 Å². The fourth-order valence-electron chi connectivity index (χ4n) is 2.61. The van der Waals surface area contributed by atoms with Crippen LogP contribution < -0.4 is 4.74 Å². The molecule has 1 N–H and O–H groups in total. The van der Waals surface area contributed by atoms with Crippen LogP contribution in [0.15, 0.2) is 29.3 Å². The fraction of sp³-hybridized carbons (Fsp3) is 0.214. The monoisotopic (exact) mass is 330 g/mol. The second-order valence-electron chi connectivity index (χ2n) is 4.78. The van der Waals surface area contributed by atoms with Crippen LogP contribution in [0.2, 0.25) is 0 Å². The zero-order valence-electron chi connectivity index (χ0n) is 10.6. The summed E-state index contributed by atoms with van der Waals surface area (Å²) in [4.78, 5) is 15.4. The Morgan fingerprint density at radius 1 is 1.15 bits per heavy atom. The highest BCUT2D eigenvalue weighted by Crippen LogP contribution is 2.35. The molecule has 1 aromatic carbocycles. The Hall–Kier alpha value is -1.95. The Morgan fingerprint density at radius 3 is 3.05 bits per heavy atom. The molecule has 1 aliphatic carbocycles. The molecule has 2 aromatic heterocycles. The largest absolute Gasteiger partial charge is 0.437 e. The van der Waals surface area contributed by atoms with Crippen LogP contribution in [0.5, 0.6) is 11.6 Å². The third-order valence-electron chi connectivity index (χ3n) is 3.53. The number of halogens is 1. The number of H-pyrrole nitrogens is 1. The van der Waals surface area contributed by atoms with E-state index < -0.39 is 0 Å².